The summed E-state index contributed by atoms with van der Waals surface area (Å²) in [6.07, 6.45) is 10.0. The monoisotopic (exact) mass is 290 g/mol. The third-order valence-corrected chi connectivity index (χ3v) is 8.24. The Morgan fingerprint density at radius 3 is 2.48 bits per heavy atom. The maximum Gasteiger partial charge on any atom is 0.133 e. The van der Waals surface area contributed by atoms with Crippen molar-refractivity contribution >= 4 is 5.78 Å². The Morgan fingerprint density at radius 2 is 1.67 bits per heavy atom. The lowest BCUT2D eigenvalue weighted by molar-refractivity contribution is -0.138. The van der Waals surface area contributed by atoms with Crippen LogP contribution < -0.4 is 0 Å². The molecule has 21 heavy (non-hydrogen) atoms. The average Bonchev–Trinajstić information content (AvgIpc) is 2.73. The maximum absolute atomic E-state index is 11.9. The lowest BCUT2D eigenvalue weighted by atomic mass is 9.46. The second-order valence-corrected chi connectivity index (χ2v) is 9.13. The Labute approximate surface area is 128 Å². The Hall–Kier alpha value is -0.370. The molecule has 0 unspecified atom stereocenters. The van der Waals surface area contributed by atoms with Gasteiger partial charge in [0.2, 0.25) is 0 Å². The maximum atomic E-state index is 11.9. The number of hydrogen-bond donors (Lipinski definition) is 1. The van der Waals surface area contributed by atoms with Gasteiger partial charge in [0.05, 0.1) is 6.10 Å². The number of fused-ring (bicyclic) bond motifs is 5. The summed E-state index contributed by atoms with van der Waals surface area (Å²) in [5, 5.41) is 10.4. The fourth-order valence-electron chi connectivity index (χ4n) is 7.04. The minimum absolute atomic E-state index is 0.0651. The number of carbonyl (C=O) groups is 1. The molecule has 4 saturated carbocycles. The van der Waals surface area contributed by atoms with E-state index in [0.717, 1.165) is 49.4 Å². The van der Waals surface area contributed by atoms with E-state index in [2.05, 4.69) is 13.8 Å². The molecule has 2 nitrogen and oxygen atoms in total. The van der Waals surface area contributed by atoms with Gasteiger partial charge in [-0.2, -0.15) is 0 Å². The summed E-state index contributed by atoms with van der Waals surface area (Å²) >= 11 is 0. The Balaban J connectivity index is 1.62. The largest absolute Gasteiger partial charge is 0.393 e. The Morgan fingerprint density at radius 1 is 0.952 bits per heavy atom. The zero-order chi connectivity index (χ0) is 14.8. The summed E-state index contributed by atoms with van der Waals surface area (Å²) in [6.45, 7) is 4.74. The molecule has 4 fully saturated rings. The van der Waals surface area contributed by atoms with E-state index in [1.54, 1.807) is 0 Å². The van der Waals surface area contributed by atoms with Gasteiger partial charge in [-0.1, -0.05) is 13.8 Å². The molecular weight excluding hydrogens is 260 g/mol. The molecule has 4 aliphatic carbocycles. The third kappa shape index (κ3) is 1.90. The second kappa shape index (κ2) is 4.57. The number of rotatable bonds is 0. The van der Waals surface area contributed by atoms with E-state index >= 15 is 0 Å². The molecule has 0 spiro atoms. The Kier molecular flexibility index (Phi) is 3.10. The molecule has 0 aromatic rings. The van der Waals surface area contributed by atoms with Gasteiger partial charge in [0, 0.05) is 12.8 Å². The molecule has 2 heteroatoms. The minimum atomic E-state index is -0.0651. The summed E-state index contributed by atoms with van der Waals surface area (Å²) < 4.78 is 0. The van der Waals surface area contributed by atoms with Crippen molar-refractivity contribution in [3.63, 3.8) is 0 Å². The molecule has 1 N–H and O–H groups in total. The normalized spacial score (nSPS) is 56.5. The minimum Gasteiger partial charge on any atom is -0.393 e. The zero-order valence-electron chi connectivity index (χ0n) is 13.6. The van der Waals surface area contributed by atoms with Gasteiger partial charge in [0.15, 0.2) is 0 Å². The van der Waals surface area contributed by atoms with E-state index in [-0.39, 0.29) is 11.5 Å². The lowest BCUT2D eigenvalue weighted by Crippen LogP contribution is -2.52. The van der Waals surface area contributed by atoms with E-state index < -0.39 is 0 Å². The smallest absolute Gasteiger partial charge is 0.133 e. The van der Waals surface area contributed by atoms with Crippen molar-refractivity contribution in [3.05, 3.63) is 0 Å². The molecule has 0 aromatic heterocycles. The second-order valence-electron chi connectivity index (χ2n) is 9.13. The topological polar surface area (TPSA) is 37.3 Å². The van der Waals surface area contributed by atoms with Crippen LogP contribution in [0.4, 0.5) is 0 Å². The van der Waals surface area contributed by atoms with E-state index in [1.807, 2.05) is 0 Å². The van der Waals surface area contributed by atoms with Gasteiger partial charge in [0.1, 0.15) is 5.78 Å². The first-order valence-electron chi connectivity index (χ1n) is 9.14. The average molecular weight is 290 g/mol. The molecule has 118 valence electrons. The van der Waals surface area contributed by atoms with E-state index in [4.69, 9.17) is 0 Å². The van der Waals surface area contributed by atoms with Gasteiger partial charge in [0.25, 0.3) is 0 Å². The van der Waals surface area contributed by atoms with E-state index in [1.165, 1.54) is 32.1 Å². The first kappa shape index (κ1) is 14.2. The fourth-order valence-corrected chi connectivity index (χ4v) is 7.04. The SMILES string of the molecule is C[C@]12CC[C@@H]3[C@H](CC[C@]4(C)[C@@H](O)CC[C@@H]34)[C@H]1CCC(=O)C2. The number of aliphatic hydroxyl groups is 1. The highest BCUT2D eigenvalue weighted by molar-refractivity contribution is 5.80. The first-order chi connectivity index (χ1) is 9.94. The highest BCUT2D eigenvalue weighted by atomic mass is 16.3. The summed E-state index contributed by atoms with van der Waals surface area (Å²) in [6, 6.07) is 0. The fraction of sp³-hybridized carbons (Fsp3) is 0.947. The molecule has 0 bridgehead atoms. The van der Waals surface area contributed by atoms with Gasteiger partial charge >= 0.3 is 0 Å². The van der Waals surface area contributed by atoms with Gasteiger partial charge in [-0.25, -0.2) is 0 Å². The third-order valence-electron chi connectivity index (χ3n) is 8.24. The molecule has 0 radical (unpaired) electrons. The van der Waals surface area contributed by atoms with E-state index in [0.29, 0.717) is 11.2 Å². The molecule has 0 heterocycles. The van der Waals surface area contributed by atoms with Crippen LogP contribution in [0.2, 0.25) is 0 Å². The summed E-state index contributed by atoms with van der Waals surface area (Å²) in [5.41, 5.74) is 0.487. The number of aliphatic hydroxyl groups excluding tert-OH is 1. The van der Waals surface area contributed by atoms with Crippen molar-refractivity contribution in [2.75, 3.05) is 0 Å². The number of carbonyl (C=O) groups excluding carboxylic acids is 1. The molecular formula is C19H30O2. The predicted molar refractivity (Wildman–Crippen MR) is 82.7 cm³/mol. The lowest BCUT2D eigenvalue weighted by Gasteiger charge is -2.58. The van der Waals surface area contributed by atoms with Crippen molar-refractivity contribution in [3.8, 4) is 0 Å². The highest BCUT2D eigenvalue weighted by Gasteiger charge is 2.58. The van der Waals surface area contributed by atoms with E-state index in [9.17, 15) is 9.90 Å². The molecule has 4 aliphatic rings. The number of Topliss-reactive ketones (excluding diaryl/α,β-unsaturated/α-hetero) is 1. The molecule has 7 atom stereocenters. The summed E-state index contributed by atoms with van der Waals surface area (Å²) in [5.74, 6) is 3.68. The van der Waals surface area contributed by atoms with Crippen LogP contribution in [0, 0.1) is 34.5 Å². The molecule has 4 rings (SSSR count). The van der Waals surface area contributed by atoms with Crippen LogP contribution in [-0.4, -0.2) is 17.0 Å². The van der Waals surface area contributed by atoms with Gasteiger partial charge in [-0.05, 0) is 79.4 Å². The van der Waals surface area contributed by atoms with Crippen molar-refractivity contribution in [2.24, 2.45) is 34.5 Å². The summed E-state index contributed by atoms with van der Waals surface area (Å²) in [4.78, 5) is 11.9. The van der Waals surface area contributed by atoms with Crippen molar-refractivity contribution in [1.82, 2.24) is 0 Å². The van der Waals surface area contributed by atoms with Crippen LogP contribution >= 0.6 is 0 Å². The van der Waals surface area contributed by atoms with Crippen LogP contribution in [0.5, 0.6) is 0 Å². The zero-order valence-corrected chi connectivity index (χ0v) is 13.6. The van der Waals surface area contributed by atoms with Gasteiger partial charge < -0.3 is 5.11 Å². The van der Waals surface area contributed by atoms with Gasteiger partial charge in [-0.15, -0.1) is 0 Å². The van der Waals surface area contributed by atoms with Crippen LogP contribution in [0.15, 0.2) is 0 Å². The predicted octanol–water partition coefficient (Wildman–Crippen LogP) is 3.96. The van der Waals surface area contributed by atoms with Gasteiger partial charge in [-0.3, -0.25) is 4.79 Å². The van der Waals surface area contributed by atoms with Crippen LogP contribution in [-0.2, 0) is 4.79 Å². The van der Waals surface area contributed by atoms with Crippen LogP contribution in [0.3, 0.4) is 0 Å². The molecule has 0 amide bonds. The highest BCUT2D eigenvalue weighted by Crippen LogP contribution is 2.64. The molecule has 0 aromatic carbocycles. The van der Waals surface area contributed by atoms with Crippen molar-refractivity contribution < 1.29 is 9.90 Å². The van der Waals surface area contributed by atoms with Crippen LogP contribution in [0.25, 0.3) is 0 Å². The van der Waals surface area contributed by atoms with Crippen molar-refractivity contribution in [1.29, 1.82) is 0 Å². The van der Waals surface area contributed by atoms with Crippen molar-refractivity contribution in [2.45, 2.75) is 77.7 Å². The molecule has 0 saturated heterocycles. The number of ketones is 1. The Bertz CT molecular complexity index is 458. The first-order valence-corrected chi connectivity index (χ1v) is 9.14. The standard InChI is InChI=1S/C19H30O2/c1-18-9-7-14-13(15(18)4-3-12(20)11-18)8-10-19(2)16(14)5-6-17(19)21/h13-17,21H,3-11H2,1-2H3/t13-,14+,15+,16-,17-,18+,19-/m0/s1. The quantitative estimate of drug-likeness (QED) is 0.733. The van der Waals surface area contributed by atoms with Crippen LogP contribution in [0.1, 0.15) is 71.6 Å². The summed E-state index contributed by atoms with van der Waals surface area (Å²) in [7, 11) is 0. The molecule has 0 aliphatic heterocycles. The number of hydrogen-bond acceptors (Lipinski definition) is 2.